The molecule has 0 aliphatic carbocycles. The molecule has 4 N–H and O–H groups in total. The van der Waals surface area contributed by atoms with E-state index in [2.05, 4.69) is 22.2 Å². The molecule has 0 saturated heterocycles. The third-order valence-corrected chi connectivity index (χ3v) is 1.85. The number of anilines is 2. The Balaban J connectivity index is 2.50. The van der Waals surface area contributed by atoms with Crippen molar-refractivity contribution >= 4 is 17.4 Å². The van der Waals surface area contributed by atoms with Gasteiger partial charge in [0.25, 0.3) is 0 Å². The van der Waals surface area contributed by atoms with E-state index in [1.54, 1.807) is 24.4 Å². The highest BCUT2D eigenvalue weighted by atomic mass is 16.1. The number of nitrogens with two attached hydrogens (primary N) is 1. The third kappa shape index (κ3) is 4.10. The number of hydrogen-bond acceptors (Lipinski definition) is 4. The molecule has 0 atom stereocenters. The van der Waals surface area contributed by atoms with Gasteiger partial charge in [0.05, 0.1) is 11.9 Å². The van der Waals surface area contributed by atoms with Crippen LogP contribution in [0.25, 0.3) is 0 Å². The van der Waals surface area contributed by atoms with Crippen LogP contribution in [0.2, 0.25) is 0 Å². The summed E-state index contributed by atoms with van der Waals surface area (Å²) in [5, 5.41) is 5.73. The molecule has 5 nitrogen and oxygen atoms in total. The molecule has 5 heteroatoms. The summed E-state index contributed by atoms with van der Waals surface area (Å²) in [4.78, 5) is 15.3. The van der Waals surface area contributed by atoms with Crippen LogP contribution in [0.4, 0.5) is 11.5 Å². The number of aromatic nitrogens is 1. The summed E-state index contributed by atoms with van der Waals surface area (Å²) in [6.07, 6.45) is 3.66. The largest absolute Gasteiger partial charge is 0.367 e. The van der Waals surface area contributed by atoms with E-state index >= 15 is 0 Å². The van der Waals surface area contributed by atoms with Crippen molar-refractivity contribution in [1.82, 2.24) is 4.98 Å². The summed E-state index contributed by atoms with van der Waals surface area (Å²) in [5.41, 5.74) is 5.94. The Morgan fingerprint density at radius 1 is 1.56 bits per heavy atom. The quantitative estimate of drug-likeness (QED) is 0.624. The summed E-state index contributed by atoms with van der Waals surface area (Å²) in [6.45, 7) is 4.60. The zero-order chi connectivity index (χ0) is 11.8. The van der Waals surface area contributed by atoms with Crippen molar-refractivity contribution in [2.45, 2.75) is 6.42 Å². The molecule has 0 aliphatic rings. The minimum atomic E-state index is -0.101. The number of carbonyl (C=O) groups excluding carboxylic acids is 1. The van der Waals surface area contributed by atoms with Crippen LogP contribution < -0.4 is 16.4 Å². The van der Waals surface area contributed by atoms with Crippen LogP contribution in [-0.2, 0) is 4.79 Å². The Morgan fingerprint density at radius 2 is 2.38 bits per heavy atom. The molecule has 1 heterocycles. The lowest BCUT2D eigenvalue weighted by Crippen LogP contribution is -2.16. The predicted octanol–water partition coefficient (Wildman–Crippen LogP) is 0.967. The lowest BCUT2D eigenvalue weighted by atomic mass is 10.3. The molecule has 16 heavy (non-hydrogen) atoms. The number of rotatable bonds is 6. The number of pyridine rings is 1. The van der Waals surface area contributed by atoms with Crippen LogP contribution in [0.5, 0.6) is 0 Å². The Kier molecular flexibility index (Phi) is 5.01. The van der Waals surface area contributed by atoms with Gasteiger partial charge in [-0.15, -0.1) is 6.58 Å². The van der Waals surface area contributed by atoms with Crippen LogP contribution >= 0.6 is 0 Å². The van der Waals surface area contributed by atoms with Gasteiger partial charge in [0.1, 0.15) is 5.82 Å². The molecule has 0 fully saturated rings. The number of nitrogens with one attached hydrogen (secondary N) is 2. The summed E-state index contributed by atoms with van der Waals surface area (Å²) in [5.74, 6) is 0.646. The fourth-order valence-corrected chi connectivity index (χ4v) is 1.10. The molecule has 0 spiro atoms. The van der Waals surface area contributed by atoms with E-state index < -0.39 is 0 Å². The van der Waals surface area contributed by atoms with E-state index in [1.165, 1.54) is 0 Å². The van der Waals surface area contributed by atoms with E-state index in [1.807, 2.05) is 0 Å². The van der Waals surface area contributed by atoms with Gasteiger partial charge in [-0.25, -0.2) is 4.98 Å². The summed E-state index contributed by atoms with van der Waals surface area (Å²) >= 11 is 0. The van der Waals surface area contributed by atoms with E-state index in [9.17, 15) is 4.79 Å². The average molecular weight is 220 g/mol. The first-order chi connectivity index (χ1) is 7.76. The summed E-state index contributed by atoms with van der Waals surface area (Å²) < 4.78 is 0. The zero-order valence-electron chi connectivity index (χ0n) is 9.07. The lowest BCUT2D eigenvalue weighted by Gasteiger charge is -2.05. The van der Waals surface area contributed by atoms with Crippen molar-refractivity contribution in [2.24, 2.45) is 5.73 Å². The van der Waals surface area contributed by atoms with Crippen LogP contribution in [-0.4, -0.2) is 24.0 Å². The molecule has 86 valence electrons. The second kappa shape index (κ2) is 6.58. The maximum Gasteiger partial charge on any atom is 0.225 e. The van der Waals surface area contributed by atoms with E-state index in [-0.39, 0.29) is 5.91 Å². The van der Waals surface area contributed by atoms with E-state index in [4.69, 9.17) is 5.73 Å². The average Bonchev–Trinajstić information content (AvgIpc) is 2.28. The zero-order valence-corrected chi connectivity index (χ0v) is 9.07. The molecular weight excluding hydrogens is 204 g/mol. The van der Waals surface area contributed by atoms with Gasteiger partial charge >= 0.3 is 0 Å². The second-order valence-corrected chi connectivity index (χ2v) is 3.19. The van der Waals surface area contributed by atoms with E-state index in [0.717, 1.165) is 5.82 Å². The van der Waals surface area contributed by atoms with Gasteiger partial charge in [-0.05, 0) is 12.1 Å². The van der Waals surface area contributed by atoms with Crippen molar-refractivity contribution in [3.63, 3.8) is 0 Å². The van der Waals surface area contributed by atoms with Crippen molar-refractivity contribution in [3.8, 4) is 0 Å². The molecular formula is C11H16N4O. The molecule has 0 saturated carbocycles. The van der Waals surface area contributed by atoms with Gasteiger partial charge in [0, 0.05) is 19.5 Å². The van der Waals surface area contributed by atoms with Crippen LogP contribution in [0.1, 0.15) is 6.42 Å². The van der Waals surface area contributed by atoms with Gasteiger partial charge in [-0.1, -0.05) is 6.08 Å². The van der Waals surface area contributed by atoms with Gasteiger partial charge in [-0.3, -0.25) is 4.79 Å². The summed E-state index contributed by atoms with van der Waals surface area (Å²) in [7, 11) is 0. The maximum atomic E-state index is 11.2. The minimum Gasteiger partial charge on any atom is -0.367 e. The molecule has 1 rings (SSSR count). The Morgan fingerprint density at radius 3 is 2.94 bits per heavy atom. The standard InChI is InChI=1S/C11H16N4O/c1-2-7-13-10-4-3-9(8-14-10)15-11(16)5-6-12/h2-4,8H,1,5-7,12H2,(H,13,14)(H,15,16). The Hall–Kier alpha value is -1.88. The third-order valence-electron chi connectivity index (χ3n) is 1.85. The van der Waals surface area contributed by atoms with Crippen molar-refractivity contribution in [2.75, 3.05) is 23.7 Å². The molecule has 1 aromatic rings. The van der Waals surface area contributed by atoms with Crippen LogP contribution in [0.15, 0.2) is 31.0 Å². The first kappa shape index (κ1) is 12.2. The molecule has 0 aromatic carbocycles. The maximum absolute atomic E-state index is 11.2. The van der Waals surface area contributed by atoms with Gasteiger partial charge in [0.2, 0.25) is 5.91 Å². The molecule has 0 aliphatic heterocycles. The molecule has 0 unspecified atom stereocenters. The fraction of sp³-hybridized carbons (Fsp3) is 0.273. The van der Waals surface area contributed by atoms with E-state index in [0.29, 0.717) is 25.2 Å². The SMILES string of the molecule is C=CCNc1ccc(NC(=O)CCN)cn1. The number of carbonyl (C=O) groups is 1. The van der Waals surface area contributed by atoms with Gasteiger partial charge in [-0.2, -0.15) is 0 Å². The minimum absolute atomic E-state index is 0.101. The molecule has 1 aromatic heterocycles. The number of hydrogen-bond donors (Lipinski definition) is 3. The number of nitrogens with zero attached hydrogens (tertiary/aromatic N) is 1. The number of amides is 1. The first-order valence-corrected chi connectivity index (χ1v) is 5.07. The fourth-order valence-electron chi connectivity index (χ4n) is 1.10. The highest BCUT2D eigenvalue weighted by Crippen LogP contribution is 2.09. The highest BCUT2D eigenvalue weighted by Gasteiger charge is 2.00. The van der Waals surface area contributed by atoms with Crippen LogP contribution in [0, 0.1) is 0 Å². The Labute approximate surface area is 94.8 Å². The monoisotopic (exact) mass is 220 g/mol. The molecule has 0 bridgehead atoms. The highest BCUT2D eigenvalue weighted by molar-refractivity contribution is 5.90. The van der Waals surface area contributed by atoms with Crippen LogP contribution in [0.3, 0.4) is 0 Å². The predicted molar refractivity (Wildman–Crippen MR) is 65.2 cm³/mol. The first-order valence-electron chi connectivity index (χ1n) is 5.07. The topological polar surface area (TPSA) is 80.0 Å². The van der Waals surface area contributed by atoms with Gasteiger partial charge < -0.3 is 16.4 Å². The second-order valence-electron chi connectivity index (χ2n) is 3.19. The smallest absolute Gasteiger partial charge is 0.225 e. The van der Waals surface area contributed by atoms with Crippen molar-refractivity contribution in [1.29, 1.82) is 0 Å². The summed E-state index contributed by atoms with van der Waals surface area (Å²) in [6, 6.07) is 3.58. The van der Waals surface area contributed by atoms with Crippen molar-refractivity contribution < 1.29 is 4.79 Å². The lowest BCUT2D eigenvalue weighted by molar-refractivity contribution is -0.116. The normalized spacial score (nSPS) is 9.56. The van der Waals surface area contributed by atoms with Gasteiger partial charge in [0.15, 0.2) is 0 Å². The molecule has 1 amide bonds. The Bertz CT molecular complexity index is 348. The van der Waals surface area contributed by atoms with Crippen molar-refractivity contribution in [3.05, 3.63) is 31.0 Å². The molecule has 0 radical (unpaired) electrons.